The minimum absolute atomic E-state index is 0.237. The molecule has 0 fully saturated rings. The minimum atomic E-state index is 0.237. The van der Waals surface area contributed by atoms with E-state index in [4.69, 9.17) is 30.7 Å². The van der Waals surface area contributed by atoms with Gasteiger partial charge in [-0.1, -0.05) is 16.8 Å². The number of nitrogen functional groups attached to an aromatic ring is 1. The Morgan fingerprint density at radius 2 is 1.79 bits per heavy atom. The molecule has 0 aliphatic carbocycles. The fourth-order valence-electron chi connectivity index (χ4n) is 2.26. The number of aromatic nitrogens is 1. The van der Waals surface area contributed by atoms with Gasteiger partial charge in [-0.3, -0.25) is 0 Å². The number of nitrogens with zero attached hydrogens (tertiary/aromatic N) is 1. The van der Waals surface area contributed by atoms with Gasteiger partial charge in [-0.15, -0.1) is 0 Å². The number of benzene rings is 1. The van der Waals surface area contributed by atoms with Crippen LogP contribution < -0.4 is 5.73 Å². The van der Waals surface area contributed by atoms with Crippen molar-refractivity contribution in [1.82, 2.24) is 5.16 Å². The molecule has 94 valence electrons. The van der Waals surface area contributed by atoms with Gasteiger partial charge in [0.15, 0.2) is 5.58 Å². The molecule has 0 unspecified atom stereocenters. The zero-order valence-corrected chi connectivity index (χ0v) is 10.3. The third-order valence-electron chi connectivity index (χ3n) is 3.05. The summed E-state index contributed by atoms with van der Waals surface area (Å²) in [5.41, 5.74) is 8.14. The van der Waals surface area contributed by atoms with Gasteiger partial charge < -0.3 is 19.1 Å². The van der Waals surface area contributed by atoms with E-state index in [9.17, 15) is 0 Å². The van der Waals surface area contributed by atoms with Gasteiger partial charge in [0.1, 0.15) is 11.3 Å². The van der Waals surface area contributed by atoms with Gasteiger partial charge >= 0.3 is 0 Å². The highest BCUT2D eigenvalue weighted by Gasteiger charge is 2.20. The zero-order valence-electron chi connectivity index (χ0n) is 9.51. The number of halogens is 1. The van der Waals surface area contributed by atoms with E-state index < -0.39 is 0 Å². The predicted octanol–water partition coefficient (Wildman–Crippen LogP) is 4.07. The second kappa shape index (κ2) is 3.55. The van der Waals surface area contributed by atoms with Crippen LogP contribution in [0.5, 0.6) is 0 Å². The first-order valence-electron chi connectivity index (χ1n) is 5.54. The number of furan rings is 2. The Morgan fingerprint density at radius 3 is 2.53 bits per heavy atom. The number of fused-ring (bicyclic) bond motifs is 2. The van der Waals surface area contributed by atoms with Crippen molar-refractivity contribution < 1.29 is 13.4 Å². The standard InChI is InChI=1S/C13H7ClN2O3/c14-11-7-2-4-17-12(7)10(6-1-3-18-13(6)11)8-5-9(15)19-16-8/h1-5H,15H2. The van der Waals surface area contributed by atoms with E-state index in [1.54, 1.807) is 24.7 Å². The van der Waals surface area contributed by atoms with Gasteiger partial charge in [-0.05, 0) is 12.1 Å². The smallest absolute Gasteiger partial charge is 0.222 e. The van der Waals surface area contributed by atoms with Crippen LogP contribution in [0.3, 0.4) is 0 Å². The third-order valence-corrected chi connectivity index (χ3v) is 3.42. The summed E-state index contributed by atoms with van der Waals surface area (Å²) in [4.78, 5) is 0. The molecule has 0 saturated carbocycles. The van der Waals surface area contributed by atoms with Crippen LogP contribution in [0.25, 0.3) is 33.2 Å². The van der Waals surface area contributed by atoms with Crippen LogP contribution in [-0.4, -0.2) is 5.16 Å². The van der Waals surface area contributed by atoms with Crippen molar-refractivity contribution in [3.63, 3.8) is 0 Å². The molecule has 0 amide bonds. The van der Waals surface area contributed by atoms with Gasteiger partial charge in [-0.25, -0.2) is 0 Å². The van der Waals surface area contributed by atoms with E-state index in [2.05, 4.69) is 5.16 Å². The third kappa shape index (κ3) is 1.33. The van der Waals surface area contributed by atoms with Gasteiger partial charge in [0.25, 0.3) is 0 Å². The lowest BCUT2D eigenvalue weighted by atomic mass is 10.0. The predicted molar refractivity (Wildman–Crippen MR) is 70.9 cm³/mol. The molecule has 6 heteroatoms. The normalized spacial score (nSPS) is 11.6. The molecule has 0 aliphatic heterocycles. The lowest BCUT2D eigenvalue weighted by molar-refractivity contribution is 0.439. The molecule has 5 nitrogen and oxygen atoms in total. The SMILES string of the molecule is Nc1cc(-c2c3ccoc3c(Cl)c3ccoc23)no1. The van der Waals surface area contributed by atoms with Gasteiger partial charge in [-0.2, -0.15) is 0 Å². The molecule has 0 bridgehead atoms. The Morgan fingerprint density at radius 1 is 1.05 bits per heavy atom. The van der Waals surface area contributed by atoms with Gasteiger partial charge in [0.05, 0.1) is 23.1 Å². The van der Waals surface area contributed by atoms with Crippen molar-refractivity contribution in [1.29, 1.82) is 0 Å². The van der Waals surface area contributed by atoms with E-state index in [0.717, 1.165) is 16.3 Å². The highest BCUT2D eigenvalue weighted by molar-refractivity contribution is 6.41. The topological polar surface area (TPSA) is 78.3 Å². The highest BCUT2D eigenvalue weighted by Crippen LogP contribution is 2.42. The second-order valence-corrected chi connectivity index (χ2v) is 4.51. The summed E-state index contributed by atoms with van der Waals surface area (Å²) in [7, 11) is 0. The molecular weight excluding hydrogens is 268 g/mol. The first-order valence-corrected chi connectivity index (χ1v) is 5.92. The lowest BCUT2D eigenvalue weighted by Crippen LogP contribution is -1.82. The number of hydrogen-bond donors (Lipinski definition) is 1. The summed E-state index contributed by atoms with van der Waals surface area (Å²) in [6.07, 6.45) is 3.14. The summed E-state index contributed by atoms with van der Waals surface area (Å²) >= 11 is 6.30. The number of rotatable bonds is 1. The molecule has 0 saturated heterocycles. The van der Waals surface area contributed by atoms with E-state index in [1.165, 1.54) is 0 Å². The average Bonchev–Trinajstić information content (AvgIpc) is 3.09. The van der Waals surface area contributed by atoms with Crippen LogP contribution in [0.1, 0.15) is 0 Å². The number of anilines is 1. The minimum Gasteiger partial charge on any atom is -0.464 e. The first-order chi connectivity index (χ1) is 9.25. The van der Waals surface area contributed by atoms with Crippen molar-refractivity contribution >= 4 is 39.4 Å². The van der Waals surface area contributed by atoms with Crippen molar-refractivity contribution in [3.8, 4) is 11.3 Å². The Kier molecular flexibility index (Phi) is 1.97. The summed E-state index contributed by atoms with van der Waals surface area (Å²) in [5, 5.41) is 6.02. The molecule has 0 atom stereocenters. The molecule has 1 aromatic carbocycles. The van der Waals surface area contributed by atoms with Crippen LogP contribution in [-0.2, 0) is 0 Å². The van der Waals surface area contributed by atoms with E-state index in [0.29, 0.717) is 21.9 Å². The Balaban J connectivity index is 2.24. The Labute approximate surface area is 111 Å². The second-order valence-electron chi connectivity index (χ2n) is 4.13. The van der Waals surface area contributed by atoms with Crippen LogP contribution in [0.15, 0.2) is 44.1 Å². The molecule has 3 heterocycles. The maximum Gasteiger partial charge on any atom is 0.222 e. The Hall–Kier alpha value is -2.40. The molecular formula is C13H7ClN2O3. The summed E-state index contributed by atoms with van der Waals surface area (Å²) in [5.74, 6) is 0.237. The first kappa shape index (κ1) is 10.5. The molecule has 19 heavy (non-hydrogen) atoms. The average molecular weight is 275 g/mol. The molecule has 0 spiro atoms. The van der Waals surface area contributed by atoms with Crippen molar-refractivity contribution in [2.45, 2.75) is 0 Å². The van der Waals surface area contributed by atoms with Crippen molar-refractivity contribution in [2.24, 2.45) is 0 Å². The number of nitrogens with two attached hydrogens (primary N) is 1. The molecule has 2 N–H and O–H groups in total. The molecule has 4 aromatic rings. The van der Waals surface area contributed by atoms with Crippen molar-refractivity contribution in [3.05, 3.63) is 35.7 Å². The van der Waals surface area contributed by atoms with Crippen LogP contribution in [0.4, 0.5) is 5.88 Å². The molecule has 4 rings (SSSR count). The number of hydrogen-bond acceptors (Lipinski definition) is 5. The summed E-state index contributed by atoms with van der Waals surface area (Å²) in [6, 6.07) is 5.23. The van der Waals surface area contributed by atoms with E-state index >= 15 is 0 Å². The van der Waals surface area contributed by atoms with Gasteiger partial charge in [0, 0.05) is 16.8 Å². The fraction of sp³-hybridized carbons (Fsp3) is 0. The van der Waals surface area contributed by atoms with E-state index in [1.807, 2.05) is 6.07 Å². The van der Waals surface area contributed by atoms with Gasteiger partial charge in [0.2, 0.25) is 5.88 Å². The maximum atomic E-state index is 6.30. The monoisotopic (exact) mass is 274 g/mol. The maximum absolute atomic E-state index is 6.30. The van der Waals surface area contributed by atoms with E-state index in [-0.39, 0.29) is 5.88 Å². The van der Waals surface area contributed by atoms with Crippen LogP contribution in [0, 0.1) is 0 Å². The largest absolute Gasteiger partial charge is 0.464 e. The quantitative estimate of drug-likeness (QED) is 0.566. The Bertz CT molecular complexity index is 851. The van der Waals surface area contributed by atoms with Crippen LogP contribution in [0.2, 0.25) is 5.02 Å². The van der Waals surface area contributed by atoms with Crippen LogP contribution >= 0.6 is 11.6 Å². The highest BCUT2D eigenvalue weighted by atomic mass is 35.5. The fourth-order valence-corrected chi connectivity index (χ4v) is 2.55. The van der Waals surface area contributed by atoms with Crippen molar-refractivity contribution in [2.75, 3.05) is 5.73 Å². The molecule has 3 aromatic heterocycles. The summed E-state index contributed by atoms with van der Waals surface area (Å²) < 4.78 is 15.9. The zero-order chi connectivity index (χ0) is 13.0. The molecule has 0 radical (unpaired) electrons. The lowest BCUT2D eigenvalue weighted by Gasteiger charge is -2.02. The summed E-state index contributed by atoms with van der Waals surface area (Å²) in [6.45, 7) is 0. The molecule has 0 aliphatic rings.